The third-order valence-corrected chi connectivity index (χ3v) is 6.55. The molecule has 1 saturated carbocycles. The van der Waals surface area contributed by atoms with E-state index in [2.05, 4.69) is 67.6 Å². The normalized spacial score (nSPS) is 19.1. The van der Waals surface area contributed by atoms with Crippen LogP contribution in [0.2, 0.25) is 0 Å². The topological polar surface area (TPSA) is 9.23 Å². The standard InChI is InChI=1S/C28H32O/c1-21-3-11-24(12-4-21)26-15-17-27(18-16-26)25-13-7-22(8-14-25)5-6-23-9-19-28(29-2)20-10-23/h7-10,13-21,24H,3-6,11-12H2,1-2H3. The molecule has 0 heterocycles. The first-order chi connectivity index (χ1) is 14.2. The number of rotatable bonds is 6. The van der Waals surface area contributed by atoms with Crippen LogP contribution in [0.25, 0.3) is 11.1 Å². The van der Waals surface area contributed by atoms with Gasteiger partial charge in [0, 0.05) is 0 Å². The number of methoxy groups -OCH3 is 1. The van der Waals surface area contributed by atoms with E-state index in [1.54, 1.807) is 7.11 Å². The number of aryl methyl sites for hydroxylation is 2. The summed E-state index contributed by atoms with van der Waals surface area (Å²) in [4.78, 5) is 0. The molecule has 0 atom stereocenters. The van der Waals surface area contributed by atoms with Crippen molar-refractivity contribution < 1.29 is 4.74 Å². The van der Waals surface area contributed by atoms with Gasteiger partial charge < -0.3 is 4.74 Å². The fraction of sp³-hybridized carbons (Fsp3) is 0.357. The van der Waals surface area contributed by atoms with Gasteiger partial charge >= 0.3 is 0 Å². The number of hydrogen-bond acceptors (Lipinski definition) is 1. The first kappa shape index (κ1) is 19.8. The Labute approximate surface area is 175 Å². The molecule has 0 aromatic heterocycles. The van der Waals surface area contributed by atoms with Gasteiger partial charge in [-0.3, -0.25) is 0 Å². The lowest BCUT2D eigenvalue weighted by Crippen LogP contribution is -2.10. The predicted molar refractivity (Wildman–Crippen MR) is 123 cm³/mol. The van der Waals surface area contributed by atoms with Gasteiger partial charge in [-0.1, -0.05) is 80.4 Å². The van der Waals surface area contributed by atoms with Crippen LogP contribution in [0, 0.1) is 5.92 Å². The molecular weight excluding hydrogens is 352 g/mol. The van der Waals surface area contributed by atoms with Crippen molar-refractivity contribution >= 4 is 0 Å². The van der Waals surface area contributed by atoms with E-state index >= 15 is 0 Å². The molecule has 0 spiro atoms. The van der Waals surface area contributed by atoms with E-state index < -0.39 is 0 Å². The van der Waals surface area contributed by atoms with Crippen molar-refractivity contribution in [2.75, 3.05) is 7.11 Å². The van der Waals surface area contributed by atoms with E-state index in [1.807, 2.05) is 12.1 Å². The highest BCUT2D eigenvalue weighted by Crippen LogP contribution is 2.36. The quantitative estimate of drug-likeness (QED) is 0.429. The van der Waals surface area contributed by atoms with Crippen LogP contribution in [-0.4, -0.2) is 7.11 Å². The van der Waals surface area contributed by atoms with Gasteiger partial charge in [0.25, 0.3) is 0 Å². The fourth-order valence-corrected chi connectivity index (χ4v) is 4.49. The molecule has 150 valence electrons. The summed E-state index contributed by atoms with van der Waals surface area (Å²) in [5.41, 5.74) is 6.89. The second-order valence-corrected chi connectivity index (χ2v) is 8.62. The summed E-state index contributed by atoms with van der Waals surface area (Å²) < 4.78 is 5.23. The van der Waals surface area contributed by atoms with Crippen LogP contribution in [0.1, 0.15) is 55.2 Å². The van der Waals surface area contributed by atoms with Crippen LogP contribution in [0.3, 0.4) is 0 Å². The van der Waals surface area contributed by atoms with Gasteiger partial charge in [-0.2, -0.15) is 0 Å². The van der Waals surface area contributed by atoms with E-state index in [1.165, 1.54) is 53.5 Å². The van der Waals surface area contributed by atoms with Crippen LogP contribution in [-0.2, 0) is 12.8 Å². The van der Waals surface area contributed by atoms with Crippen LogP contribution >= 0.6 is 0 Å². The van der Waals surface area contributed by atoms with Crippen LogP contribution in [0.5, 0.6) is 5.75 Å². The molecule has 3 aromatic rings. The van der Waals surface area contributed by atoms with Crippen molar-refractivity contribution in [3.05, 3.63) is 89.5 Å². The summed E-state index contributed by atoms with van der Waals surface area (Å²) in [5, 5.41) is 0. The Balaban J connectivity index is 1.35. The van der Waals surface area contributed by atoms with Crippen LogP contribution in [0.4, 0.5) is 0 Å². The zero-order valence-electron chi connectivity index (χ0n) is 17.7. The van der Waals surface area contributed by atoms with Crippen molar-refractivity contribution in [2.24, 2.45) is 5.92 Å². The minimum atomic E-state index is 0.764. The SMILES string of the molecule is COc1ccc(CCc2ccc(-c3ccc(C4CCC(C)CC4)cc3)cc2)cc1. The number of benzene rings is 3. The van der Waals surface area contributed by atoms with Gasteiger partial charge in [-0.15, -0.1) is 0 Å². The molecule has 1 aliphatic carbocycles. The minimum Gasteiger partial charge on any atom is -0.497 e. The zero-order valence-corrected chi connectivity index (χ0v) is 17.7. The molecule has 0 radical (unpaired) electrons. The van der Waals surface area contributed by atoms with Crippen molar-refractivity contribution in [1.29, 1.82) is 0 Å². The summed E-state index contributed by atoms with van der Waals surface area (Å²) in [7, 11) is 1.71. The monoisotopic (exact) mass is 384 g/mol. The molecule has 0 bridgehead atoms. The van der Waals surface area contributed by atoms with Gasteiger partial charge in [0.1, 0.15) is 5.75 Å². The summed E-state index contributed by atoms with van der Waals surface area (Å²) in [6, 6.07) is 26.8. The van der Waals surface area contributed by atoms with Gasteiger partial charge in [0.05, 0.1) is 7.11 Å². The van der Waals surface area contributed by atoms with Crippen LogP contribution in [0.15, 0.2) is 72.8 Å². The Morgan fingerprint density at radius 1 is 0.655 bits per heavy atom. The Bertz CT molecular complexity index is 883. The van der Waals surface area contributed by atoms with E-state index in [0.29, 0.717) is 0 Å². The highest BCUT2D eigenvalue weighted by molar-refractivity contribution is 5.64. The second kappa shape index (κ2) is 9.31. The molecule has 4 rings (SSSR count). The predicted octanol–water partition coefficient (Wildman–Crippen LogP) is 7.44. The lowest BCUT2D eigenvalue weighted by molar-refractivity contribution is 0.348. The maximum absolute atomic E-state index is 5.23. The highest BCUT2D eigenvalue weighted by Gasteiger charge is 2.19. The maximum Gasteiger partial charge on any atom is 0.118 e. The molecule has 1 aliphatic rings. The fourth-order valence-electron chi connectivity index (χ4n) is 4.49. The third-order valence-electron chi connectivity index (χ3n) is 6.55. The van der Waals surface area contributed by atoms with Crippen molar-refractivity contribution in [1.82, 2.24) is 0 Å². The average Bonchev–Trinajstić information content (AvgIpc) is 2.79. The number of hydrogen-bond donors (Lipinski definition) is 0. The van der Waals surface area contributed by atoms with Crippen LogP contribution < -0.4 is 4.74 Å². The Morgan fingerprint density at radius 3 is 1.66 bits per heavy atom. The van der Waals surface area contributed by atoms with E-state index in [9.17, 15) is 0 Å². The van der Waals surface area contributed by atoms with Crippen molar-refractivity contribution in [3.8, 4) is 16.9 Å². The van der Waals surface area contributed by atoms with Crippen molar-refractivity contribution in [2.45, 2.75) is 51.4 Å². The molecule has 0 N–H and O–H groups in total. The smallest absolute Gasteiger partial charge is 0.118 e. The summed E-state index contributed by atoms with van der Waals surface area (Å²) in [6.07, 6.45) is 7.57. The van der Waals surface area contributed by atoms with Gasteiger partial charge in [-0.25, -0.2) is 0 Å². The molecule has 3 aromatic carbocycles. The molecule has 1 nitrogen and oxygen atoms in total. The largest absolute Gasteiger partial charge is 0.497 e. The molecule has 0 saturated heterocycles. The molecule has 1 fully saturated rings. The second-order valence-electron chi connectivity index (χ2n) is 8.62. The minimum absolute atomic E-state index is 0.764. The third kappa shape index (κ3) is 5.09. The number of ether oxygens (including phenoxy) is 1. The van der Waals surface area contributed by atoms with Gasteiger partial charge in [-0.05, 0) is 77.5 Å². The average molecular weight is 385 g/mol. The van der Waals surface area contributed by atoms with E-state index in [0.717, 1.165) is 30.4 Å². The van der Waals surface area contributed by atoms with Gasteiger partial charge in [0.15, 0.2) is 0 Å². The first-order valence-corrected chi connectivity index (χ1v) is 11.0. The molecule has 0 amide bonds. The Hall–Kier alpha value is -2.54. The lowest BCUT2D eigenvalue weighted by atomic mass is 9.79. The summed E-state index contributed by atoms with van der Waals surface area (Å²) >= 11 is 0. The van der Waals surface area contributed by atoms with Crippen molar-refractivity contribution in [3.63, 3.8) is 0 Å². The molecule has 29 heavy (non-hydrogen) atoms. The van der Waals surface area contributed by atoms with E-state index in [-0.39, 0.29) is 0 Å². The molecular formula is C28H32O. The summed E-state index contributed by atoms with van der Waals surface area (Å²) in [5.74, 6) is 2.59. The maximum atomic E-state index is 5.23. The Morgan fingerprint density at radius 2 is 1.14 bits per heavy atom. The first-order valence-electron chi connectivity index (χ1n) is 11.0. The molecule has 1 heteroatoms. The zero-order chi connectivity index (χ0) is 20.1. The van der Waals surface area contributed by atoms with Gasteiger partial charge in [0.2, 0.25) is 0 Å². The Kier molecular flexibility index (Phi) is 6.34. The molecule has 0 aliphatic heterocycles. The molecule has 0 unspecified atom stereocenters. The highest BCUT2D eigenvalue weighted by atomic mass is 16.5. The lowest BCUT2D eigenvalue weighted by Gasteiger charge is -2.26. The summed E-state index contributed by atoms with van der Waals surface area (Å²) in [6.45, 7) is 2.39. The van der Waals surface area contributed by atoms with E-state index in [4.69, 9.17) is 4.74 Å².